The Balaban J connectivity index is 2.39. The van der Waals surface area contributed by atoms with Gasteiger partial charge in [-0.25, -0.2) is 0 Å². The summed E-state index contributed by atoms with van der Waals surface area (Å²) in [5.41, 5.74) is -2.95. The molecule has 0 fully saturated rings. The van der Waals surface area contributed by atoms with Gasteiger partial charge >= 0.3 is 0 Å². The van der Waals surface area contributed by atoms with Gasteiger partial charge in [0.2, 0.25) is 0 Å². The molecule has 0 bridgehead atoms. The zero-order valence-corrected chi connectivity index (χ0v) is 11.7. The maximum absolute atomic E-state index is 10.8. The van der Waals surface area contributed by atoms with Crippen LogP contribution in [0.2, 0.25) is 0 Å². The fraction of sp³-hybridized carbons (Fsp3) is 0.0909. The van der Waals surface area contributed by atoms with Crippen LogP contribution >= 0.6 is 15.2 Å². The van der Waals surface area contributed by atoms with Gasteiger partial charge in [0.1, 0.15) is 11.3 Å². The van der Waals surface area contributed by atoms with E-state index in [2.05, 4.69) is 4.74 Å². The largest absolute Gasteiger partial charge is 0.808 e. The van der Waals surface area contributed by atoms with E-state index in [4.69, 9.17) is 0 Å². The van der Waals surface area contributed by atoms with Crippen molar-refractivity contribution in [3.63, 3.8) is 0 Å². The maximum Gasteiger partial charge on any atom is 0.150 e. The van der Waals surface area contributed by atoms with Crippen molar-refractivity contribution in [3.8, 4) is 5.75 Å². The second-order valence-electron chi connectivity index (χ2n) is 4.03. The average molecular weight is 314 g/mol. The van der Waals surface area contributed by atoms with Gasteiger partial charge in [-0.15, -0.1) is 0 Å². The Kier molecular flexibility index (Phi) is 4.02. The second-order valence-corrected chi connectivity index (χ2v) is 7.54. The van der Waals surface area contributed by atoms with Gasteiger partial charge in [0.25, 0.3) is 0 Å². The summed E-state index contributed by atoms with van der Waals surface area (Å²) < 4.78 is 26.2. The minimum atomic E-state index is -5.73. The van der Waals surface area contributed by atoms with Crippen molar-refractivity contribution in [3.05, 3.63) is 42.5 Å². The van der Waals surface area contributed by atoms with Gasteiger partial charge in [-0.3, -0.25) is 0 Å². The fourth-order valence-electron chi connectivity index (χ4n) is 1.66. The van der Waals surface area contributed by atoms with Crippen molar-refractivity contribution in [2.45, 2.75) is 5.59 Å². The summed E-state index contributed by atoms with van der Waals surface area (Å²) in [7, 11) is -11.5. The van der Waals surface area contributed by atoms with Crippen molar-refractivity contribution in [2.24, 2.45) is 0 Å². The highest BCUT2D eigenvalue weighted by atomic mass is 31.2. The molecule has 9 heteroatoms. The van der Waals surface area contributed by atoms with E-state index in [-0.39, 0.29) is 5.75 Å². The third-order valence-corrected chi connectivity index (χ3v) is 5.49. The Bertz CT molecular complexity index is 696. The van der Waals surface area contributed by atoms with Crippen molar-refractivity contribution in [2.75, 3.05) is 0 Å². The van der Waals surface area contributed by atoms with E-state index >= 15 is 0 Å². The van der Waals surface area contributed by atoms with Crippen LogP contribution < -0.4 is 24.3 Å². The number of ether oxygens (including phenoxy) is 1. The minimum absolute atomic E-state index is 0.187. The first-order chi connectivity index (χ1) is 9.18. The van der Waals surface area contributed by atoms with Crippen LogP contribution in [0, 0.1) is 0 Å². The van der Waals surface area contributed by atoms with Gasteiger partial charge < -0.3 is 33.4 Å². The lowest BCUT2D eigenvalue weighted by Crippen LogP contribution is -2.37. The van der Waals surface area contributed by atoms with Crippen LogP contribution in [0.25, 0.3) is 10.8 Å². The second kappa shape index (κ2) is 5.30. The molecule has 0 unspecified atom stereocenters. The summed E-state index contributed by atoms with van der Waals surface area (Å²) in [5.74, 6) is -0.187. The van der Waals surface area contributed by atoms with Crippen LogP contribution in [-0.4, -0.2) is 5.59 Å². The molecule has 108 valence electrons. The van der Waals surface area contributed by atoms with Gasteiger partial charge in [-0.1, -0.05) is 30.3 Å². The molecule has 0 aliphatic rings. The molecule has 0 aromatic heterocycles. The zero-order chi connectivity index (χ0) is 15.0. The maximum atomic E-state index is 10.8. The molecule has 0 N–H and O–H groups in total. The molecule has 0 aliphatic heterocycles. The highest BCUT2D eigenvalue weighted by Gasteiger charge is 2.19. The Morgan fingerprint density at radius 2 is 1.40 bits per heavy atom. The van der Waals surface area contributed by atoms with E-state index in [1.54, 1.807) is 30.3 Å². The summed E-state index contributed by atoms with van der Waals surface area (Å²) in [6.45, 7) is 0. The SMILES string of the molecule is O=P([O-])([O-])C(Oc1ccc2ccccc2c1)P(=O)([O-])[O-]. The van der Waals surface area contributed by atoms with Crippen molar-refractivity contribution in [1.29, 1.82) is 0 Å². The number of hydrogen-bond acceptors (Lipinski definition) is 7. The van der Waals surface area contributed by atoms with Crippen LogP contribution in [-0.2, 0) is 9.13 Å². The van der Waals surface area contributed by atoms with E-state index in [0.29, 0.717) is 5.39 Å². The molecule has 0 amide bonds. The molecule has 0 saturated heterocycles. The van der Waals surface area contributed by atoms with Crippen molar-refractivity contribution >= 4 is 26.0 Å². The van der Waals surface area contributed by atoms with Gasteiger partial charge in [-0.05, 0) is 38.1 Å². The van der Waals surface area contributed by atoms with E-state index in [0.717, 1.165) is 5.39 Å². The predicted molar refractivity (Wildman–Crippen MR) is 63.6 cm³/mol. The van der Waals surface area contributed by atoms with Gasteiger partial charge in [0, 0.05) is 0 Å². The topological polar surface area (TPSA) is 136 Å². The molecule has 20 heavy (non-hydrogen) atoms. The summed E-state index contributed by atoms with van der Waals surface area (Å²) >= 11 is 0. The summed E-state index contributed by atoms with van der Waals surface area (Å²) in [4.78, 5) is 43.3. The number of fused-ring (bicyclic) bond motifs is 1. The molecule has 0 aliphatic carbocycles. The van der Waals surface area contributed by atoms with E-state index in [1.807, 2.05) is 0 Å². The lowest BCUT2D eigenvalue weighted by atomic mass is 10.1. The van der Waals surface area contributed by atoms with Crippen molar-refractivity contribution < 1.29 is 33.4 Å². The first-order valence-electron chi connectivity index (χ1n) is 5.37. The standard InChI is InChI=1S/C11H12O7P2/c12-19(13,14)11(20(15,16)17)18-10-6-5-8-3-1-2-4-9(8)7-10/h1-7,11H,(H2,12,13,14)(H2,15,16,17)/p-4. The van der Waals surface area contributed by atoms with E-state index < -0.39 is 20.8 Å². The van der Waals surface area contributed by atoms with E-state index in [1.165, 1.54) is 12.1 Å². The average Bonchev–Trinajstić information content (AvgIpc) is 2.33. The number of rotatable bonds is 4. The van der Waals surface area contributed by atoms with E-state index in [9.17, 15) is 28.7 Å². The predicted octanol–water partition coefficient (Wildman–Crippen LogP) is -0.670. The number of hydrogen-bond donors (Lipinski definition) is 0. The van der Waals surface area contributed by atoms with Crippen LogP contribution in [0.15, 0.2) is 42.5 Å². The first kappa shape index (κ1) is 15.2. The first-order valence-corrected chi connectivity index (χ1v) is 8.59. The van der Waals surface area contributed by atoms with Gasteiger partial charge in [0.15, 0.2) is 0 Å². The highest BCUT2D eigenvalue weighted by Crippen LogP contribution is 2.50. The lowest BCUT2D eigenvalue weighted by Gasteiger charge is -2.48. The monoisotopic (exact) mass is 314 g/mol. The Morgan fingerprint density at radius 1 is 0.850 bits per heavy atom. The molecular formula is C11H8O7P2-4. The molecule has 7 nitrogen and oxygen atoms in total. The molecule has 2 aromatic carbocycles. The van der Waals surface area contributed by atoms with Crippen LogP contribution in [0.1, 0.15) is 0 Å². The smallest absolute Gasteiger partial charge is 0.150 e. The Hall–Kier alpha value is -1.20. The van der Waals surface area contributed by atoms with Crippen LogP contribution in [0.3, 0.4) is 0 Å². The summed E-state index contributed by atoms with van der Waals surface area (Å²) in [6, 6.07) is 11.1. The number of benzene rings is 2. The van der Waals surface area contributed by atoms with Crippen molar-refractivity contribution in [1.82, 2.24) is 0 Å². The van der Waals surface area contributed by atoms with Crippen LogP contribution in [0.5, 0.6) is 5.75 Å². The summed E-state index contributed by atoms with van der Waals surface area (Å²) in [6.07, 6.45) is 0. The minimum Gasteiger partial charge on any atom is -0.808 e. The molecule has 0 radical (unpaired) electrons. The molecule has 0 heterocycles. The third kappa shape index (κ3) is 3.46. The molecule has 0 spiro atoms. The normalized spacial score (nSPS) is 12.8. The molecule has 2 aromatic rings. The lowest BCUT2D eigenvalue weighted by molar-refractivity contribution is -0.336. The Labute approximate surface area is 114 Å². The van der Waals surface area contributed by atoms with Crippen LogP contribution in [0.4, 0.5) is 0 Å². The molecular weight excluding hydrogens is 306 g/mol. The summed E-state index contributed by atoms with van der Waals surface area (Å²) in [5, 5.41) is 1.44. The highest BCUT2D eigenvalue weighted by molar-refractivity contribution is 7.67. The van der Waals surface area contributed by atoms with Gasteiger partial charge in [-0.2, -0.15) is 0 Å². The quantitative estimate of drug-likeness (QED) is 0.682. The molecule has 0 saturated carbocycles. The zero-order valence-electron chi connectivity index (χ0n) is 9.87. The molecule has 0 atom stereocenters. The Morgan fingerprint density at radius 3 is 1.95 bits per heavy atom. The molecule has 2 rings (SSSR count). The van der Waals surface area contributed by atoms with Gasteiger partial charge in [0.05, 0.1) is 0 Å². The third-order valence-electron chi connectivity index (χ3n) is 2.50. The fourth-order valence-corrected chi connectivity index (χ4v) is 3.55.